The van der Waals surface area contributed by atoms with Gasteiger partial charge in [-0.1, -0.05) is 30.3 Å². The van der Waals surface area contributed by atoms with E-state index < -0.39 is 30.7 Å². The smallest absolute Gasteiger partial charge is 0.219 e. The number of hydrogen-bond acceptors (Lipinski definition) is 6. The van der Waals surface area contributed by atoms with Gasteiger partial charge in [0, 0.05) is 13.1 Å². The molecule has 0 aromatic heterocycles. The van der Waals surface area contributed by atoms with Crippen LogP contribution in [0.4, 0.5) is 0 Å². The minimum Gasteiger partial charge on any atom is -0.391 e. The first-order valence-corrected chi connectivity index (χ1v) is 6.18. The number of rotatable bonds is 5. The van der Waals surface area contributed by atoms with E-state index in [1.54, 1.807) is 0 Å². The van der Waals surface area contributed by atoms with Gasteiger partial charge in [-0.25, -0.2) is 0 Å². The summed E-state index contributed by atoms with van der Waals surface area (Å²) in [6.45, 7) is 0.0803. The van der Waals surface area contributed by atoms with E-state index in [0.717, 1.165) is 5.56 Å². The molecule has 0 unspecified atom stereocenters. The molecule has 19 heavy (non-hydrogen) atoms. The maximum absolute atomic E-state index is 9.74. The Balaban J connectivity index is 1.84. The highest BCUT2D eigenvalue weighted by Crippen LogP contribution is 2.28. The molecule has 1 fully saturated rings. The van der Waals surface area contributed by atoms with Crippen LogP contribution in [0.25, 0.3) is 0 Å². The normalized spacial score (nSPS) is 34.6. The molecule has 4 atom stereocenters. The first kappa shape index (κ1) is 14.4. The Morgan fingerprint density at radius 3 is 2.47 bits per heavy atom. The van der Waals surface area contributed by atoms with Gasteiger partial charge in [0.25, 0.3) is 0 Å². The zero-order valence-corrected chi connectivity index (χ0v) is 10.4. The molecule has 0 spiro atoms. The van der Waals surface area contributed by atoms with Crippen molar-refractivity contribution in [3.8, 4) is 0 Å². The maximum Gasteiger partial charge on any atom is 0.219 e. The molecule has 6 heteroatoms. The molecule has 0 aliphatic carbocycles. The van der Waals surface area contributed by atoms with Gasteiger partial charge in [-0.15, -0.1) is 0 Å². The summed E-state index contributed by atoms with van der Waals surface area (Å²) in [5.41, 5.74) is 1.08. The van der Waals surface area contributed by atoms with Gasteiger partial charge in [0.15, 0.2) is 0 Å². The standard InChI is InChI=1S/C13H19NO5/c15-8-13(18)12(17)11(16)10(19-13)7-14-6-9-4-2-1-3-5-9/h1-5,10-12,14-18H,6-8H2/t10-,11-,12+,13+/m1/s1. The van der Waals surface area contributed by atoms with Gasteiger partial charge in [0.2, 0.25) is 5.79 Å². The number of hydrogen-bond donors (Lipinski definition) is 5. The van der Waals surface area contributed by atoms with Crippen molar-refractivity contribution >= 4 is 0 Å². The van der Waals surface area contributed by atoms with E-state index in [2.05, 4.69) is 5.32 Å². The highest BCUT2D eigenvalue weighted by Gasteiger charge is 2.52. The van der Waals surface area contributed by atoms with Crippen LogP contribution in [0.5, 0.6) is 0 Å². The van der Waals surface area contributed by atoms with Crippen LogP contribution in [0.3, 0.4) is 0 Å². The van der Waals surface area contributed by atoms with Crippen molar-refractivity contribution < 1.29 is 25.2 Å². The third-order valence-corrected chi connectivity index (χ3v) is 3.27. The van der Waals surface area contributed by atoms with E-state index in [4.69, 9.17) is 9.84 Å². The van der Waals surface area contributed by atoms with Crippen molar-refractivity contribution in [1.29, 1.82) is 0 Å². The lowest BCUT2D eigenvalue weighted by atomic mass is 10.1. The van der Waals surface area contributed by atoms with Crippen LogP contribution in [0.1, 0.15) is 5.56 Å². The molecule has 0 bridgehead atoms. The Bertz CT molecular complexity index is 401. The van der Waals surface area contributed by atoms with Crippen molar-refractivity contribution in [3.05, 3.63) is 35.9 Å². The summed E-state index contributed by atoms with van der Waals surface area (Å²) < 4.78 is 5.10. The molecule has 106 valence electrons. The van der Waals surface area contributed by atoms with Gasteiger partial charge in [0.1, 0.15) is 18.3 Å². The first-order valence-electron chi connectivity index (χ1n) is 6.18. The molecule has 0 radical (unpaired) electrons. The van der Waals surface area contributed by atoms with Crippen LogP contribution in [0.15, 0.2) is 30.3 Å². The summed E-state index contributed by atoms with van der Waals surface area (Å²) in [5.74, 6) is -2.08. The second-order valence-electron chi connectivity index (χ2n) is 4.71. The predicted molar refractivity (Wildman–Crippen MR) is 67.1 cm³/mol. The Hall–Kier alpha value is -1.02. The number of ether oxygens (including phenoxy) is 1. The summed E-state index contributed by atoms with van der Waals surface area (Å²) in [7, 11) is 0. The van der Waals surface area contributed by atoms with Gasteiger partial charge < -0.3 is 30.5 Å². The van der Waals surface area contributed by atoms with Crippen LogP contribution in [0, 0.1) is 0 Å². The lowest BCUT2D eigenvalue weighted by Gasteiger charge is -2.22. The summed E-state index contributed by atoms with van der Waals surface area (Å²) in [6.07, 6.45) is -3.52. The number of aliphatic hydroxyl groups is 4. The van der Waals surface area contributed by atoms with Crippen molar-refractivity contribution in [2.24, 2.45) is 0 Å². The van der Waals surface area contributed by atoms with E-state index >= 15 is 0 Å². The van der Waals surface area contributed by atoms with E-state index in [0.29, 0.717) is 6.54 Å². The van der Waals surface area contributed by atoms with Crippen LogP contribution in [-0.4, -0.2) is 57.7 Å². The summed E-state index contributed by atoms with van der Waals surface area (Å²) in [6, 6.07) is 9.68. The van der Waals surface area contributed by atoms with Crippen LogP contribution in [-0.2, 0) is 11.3 Å². The lowest BCUT2D eigenvalue weighted by molar-refractivity contribution is -0.245. The Kier molecular flexibility index (Phi) is 4.51. The van der Waals surface area contributed by atoms with Gasteiger partial charge in [0.05, 0.1) is 6.61 Å². The van der Waals surface area contributed by atoms with Gasteiger partial charge in [-0.05, 0) is 5.56 Å². The Morgan fingerprint density at radius 2 is 1.89 bits per heavy atom. The molecule has 1 heterocycles. The maximum atomic E-state index is 9.74. The zero-order chi connectivity index (χ0) is 13.9. The molecule has 2 rings (SSSR count). The monoisotopic (exact) mass is 269 g/mol. The number of aliphatic hydroxyl groups excluding tert-OH is 3. The predicted octanol–water partition coefficient (Wildman–Crippen LogP) is -1.42. The van der Waals surface area contributed by atoms with Crippen molar-refractivity contribution in [3.63, 3.8) is 0 Å². The van der Waals surface area contributed by atoms with Crippen LogP contribution < -0.4 is 5.32 Å². The van der Waals surface area contributed by atoms with E-state index in [9.17, 15) is 15.3 Å². The fraction of sp³-hybridized carbons (Fsp3) is 0.538. The highest BCUT2D eigenvalue weighted by atomic mass is 16.7. The summed E-state index contributed by atoms with van der Waals surface area (Å²) >= 11 is 0. The van der Waals surface area contributed by atoms with Crippen molar-refractivity contribution in [2.75, 3.05) is 13.2 Å². The van der Waals surface area contributed by atoms with E-state index in [-0.39, 0.29) is 6.54 Å². The molecule has 1 aromatic carbocycles. The largest absolute Gasteiger partial charge is 0.391 e. The average Bonchev–Trinajstić information content (AvgIpc) is 2.65. The van der Waals surface area contributed by atoms with Gasteiger partial charge >= 0.3 is 0 Å². The second kappa shape index (κ2) is 5.96. The lowest BCUT2D eigenvalue weighted by Crippen LogP contribution is -2.46. The van der Waals surface area contributed by atoms with E-state index in [1.807, 2.05) is 30.3 Å². The minimum atomic E-state index is -2.08. The third-order valence-electron chi connectivity index (χ3n) is 3.27. The number of benzene rings is 1. The summed E-state index contributed by atoms with van der Waals surface area (Å²) in [5, 5.41) is 41.1. The Labute approximate surface area is 111 Å². The highest BCUT2D eigenvalue weighted by molar-refractivity contribution is 5.14. The average molecular weight is 269 g/mol. The fourth-order valence-corrected chi connectivity index (χ4v) is 2.12. The van der Waals surface area contributed by atoms with Gasteiger partial charge in [-0.3, -0.25) is 0 Å². The minimum absolute atomic E-state index is 0.259. The number of nitrogens with one attached hydrogen (secondary N) is 1. The third kappa shape index (κ3) is 3.11. The fourth-order valence-electron chi connectivity index (χ4n) is 2.12. The van der Waals surface area contributed by atoms with E-state index in [1.165, 1.54) is 0 Å². The molecule has 1 saturated heterocycles. The molecule has 0 saturated carbocycles. The van der Waals surface area contributed by atoms with Crippen molar-refractivity contribution in [2.45, 2.75) is 30.6 Å². The van der Waals surface area contributed by atoms with Crippen LogP contribution in [0.2, 0.25) is 0 Å². The molecule has 1 aromatic rings. The first-order chi connectivity index (χ1) is 9.07. The van der Waals surface area contributed by atoms with Gasteiger partial charge in [-0.2, -0.15) is 0 Å². The second-order valence-corrected chi connectivity index (χ2v) is 4.71. The molecular weight excluding hydrogens is 250 g/mol. The molecule has 6 nitrogen and oxygen atoms in total. The summed E-state index contributed by atoms with van der Waals surface area (Å²) in [4.78, 5) is 0. The van der Waals surface area contributed by atoms with Crippen LogP contribution >= 0.6 is 0 Å². The Morgan fingerprint density at radius 1 is 1.21 bits per heavy atom. The topological polar surface area (TPSA) is 102 Å². The molecule has 0 amide bonds. The SMILES string of the molecule is OC[C@]1(O)O[C@H](CNCc2ccccc2)[C@@H](O)[C@@H]1O. The molecule has 1 aliphatic rings. The van der Waals surface area contributed by atoms with Crippen molar-refractivity contribution in [1.82, 2.24) is 5.32 Å². The molecule has 5 N–H and O–H groups in total. The zero-order valence-electron chi connectivity index (χ0n) is 10.4. The molecular formula is C13H19NO5. The molecule has 1 aliphatic heterocycles. The quantitative estimate of drug-likeness (QED) is 0.449.